The minimum atomic E-state index is -3.64. The maximum Gasteiger partial charge on any atom is 0.248 e. The Balaban J connectivity index is 1.25. The van der Waals surface area contributed by atoms with Crippen LogP contribution in [0.2, 0.25) is 0 Å². The maximum atomic E-state index is 13.4. The molecule has 1 aromatic rings. The zero-order valence-electron chi connectivity index (χ0n) is 24.7. The van der Waals surface area contributed by atoms with Gasteiger partial charge in [0.15, 0.2) is 0 Å². The molecule has 0 aromatic heterocycles. The molecule has 2 fully saturated rings. The summed E-state index contributed by atoms with van der Waals surface area (Å²) in [6.07, 6.45) is 4.38. The lowest BCUT2D eigenvalue weighted by Crippen LogP contribution is -2.54. The van der Waals surface area contributed by atoms with Gasteiger partial charge in [0.2, 0.25) is 15.9 Å². The molecule has 220 valence electrons. The van der Waals surface area contributed by atoms with E-state index < -0.39 is 10.0 Å². The van der Waals surface area contributed by atoms with Crippen molar-refractivity contribution in [1.82, 2.24) is 19.0 Å². The smallest absolute Gasteiger partial charge is 0.248 e. The Hall–Kier alpha value is -1.72. The van der Waals surface area contributed by atoms with Gasteiger partial charge in [-0.25, -0.2) is 8.42 Å². The summed E-state index contributed by atoms with van der Waals surface area (Å²) in [5.74, 6) is 0.678. The molecule has 1 amide bonds. The minimum absolute atomic E-state index is 0.0268. The van der Waals surface area contributed by atoms with E-state index in [1.54, 1.807) is 13.2 Å². The van der Waals surface area contributed by atoms with E-state index in [0.29, 0.717) is 34.8 Å². The summed E-state index contributed by atoms with van der Waals surface area (Å²) >= 11 is 0. The number of aryl methyl sites for hydroxylation is 1. The van der Waals surface area contributed by atoms with Crippen LogP contribution in [0.15, 0.2) is 17.0 Å². The van der Waals surface area contributed by atoms with Crippen molar-refractivity contribution in [2.45, 2.75) is 82.3 Å². The fourth-order valence-corrected chi connectivity index (χ4v) is 8.54. The van der Waals surface area contributed by atoms with E-state index in [1.807, 2.05) is 31.9 Å². The average molecular weight is 565 g/mol. The van der Waals surface area contributed by atoms with Crippen LogP contribution in [0.4, 0.5) is 0 Å². The molecule has 0 N–H and O–H groups in total. The summed E-state index contributed by atoms with van der Waals surface area (Å²) in [5, 5.41) is 0. The second kappa shape index (κ2) is 12.9. The fraction of sp³-hybridized carbons (Fsp3) is 0.759. The van der Waals surface area contributed by atoms with E-state index in [2.05, 4.69) is 23.6 Å². The van der Waals surface area contributed by atoms with Crippen LogP contribution in [-0.4, -0.2) is 118 Å². The number of hydrogen-bond donors (Lipinski definition) is 0. The van der Waals surface area contributed by atoms with Gasteiger partial charge >= 0.3 is 0 Å². The van der Waals surface area contributed by atoms with Crippen molar-refractivity contribution in [2.75, 3.05) is 66.6 Å². The van der Waals surface area contributed by atoms with Crippen LogP contribution in [0.5, 0.6) is 5.75 Å². The molecule has 9 nitrogen and oxygen atoms in total. The third-order valence-electron chi connectivity index (χ3n) is 8.98. The van der Waals surface area contributed by atoms with Crippen molar-refractivity contribution >= 4 is 15.9 Å². The minimum Gasteiger partial charge on any atom is -0.497 e. The lowest BCUT2D eigenvalue weighted by atomic mass is 9.88. The SMILES string of the molecule is COc1cc(C)c2c(c1)C(C)CN(CCOCC(=O)N(C)C1CCCC(N3CCN(C(C)C)CC3)C1)S2(=O)=O. The van der Waals surface area contributed by atoms with E-state index >= 15 is 0 Å². The van der Waals surface area contributed by atoms with Crippen molar-refractivity contribution in [3.8, 4) is 5.75 Å². The van der Waals surface area contributed by atoms with Crippen molar-refractivity contribution in [3.05, 3.63) is 23.3 Å². The first kappa shape index (κ1) is 30.2. The zero-order chi connectivity index (χ0) is 28.3. The van der Waals surface area contributed by atoms with Crippen LogP contribution >= 0.6 is 0 Å². The Kier molecular flexibility index (Phi) is 9.96. The first-order valence-electron chi connectivity index (χ1n) is 14.5. The second-order valence-electron chi connectivity index (χ2n) is 11.8. The second-order valence-corrected chi connectivity index (χ2v) is 13.7. The fourth-order valence-electron chi connectivity index (χ4n) is 6.52. The molecule has 2 heterocycles. The third-order valence-corrected chi connectivity index (χ3v) is 11.1. The van der Waals surface area contributed by atoms with Crippen LogP contribution in [0.25, 0.3) is 0 Å². The first-order valence-corrected chi connectivity index (χ1v) is 16.0. The Morgan fingerprint density at radius 2 is 1.87 bits per heavy atom. The van der Waals surface area contributed by atoms with Gasteiger partial charge < -0.3 is 14.4 Å². The number of hydrogen-bond acceptors (Lipinski definition) is 7. The first-order chi connectivity index (χ1) is 18.5. The van der Waals surface area contributed by atoms with Crippen molar-refractivity contribution < 1.29 is 22.7 Å². The number of rotatable bonds is 9. The highest BCUT2D eigenvalue weighted by molar-refractivity contribution is 7.89. The van der Waals surface area contributed by atoms with Gasteiger partial charge in [0.05, 0.1) is 18.6 Å². The number of amides is 1. The van der Waals surface area contributed by atoms with Crippen LogP contribution in [0.3, 0.4) is 0 Å². The number of fused-ring (bicyclic) bond motifs is 1. The molecular weight excluding hydrogens is 516 g/mol. The van der Waals surface area contributed by atoms with Crippen LogP contribution < -0.4 is 4.74 Å². The molecule has 4 rings (SSSR count). The van der Waals surface area contributed by atoms with Gasteiger partial charge in [0.1, 0.15) is 12.4 Å². The largest absolute Gasteiger partial charge is 0.497 e. The van der Waals surface area contributed by atoms with E-state index in [1.165, 1.54) is 10.7 Å². The van der Waals surface area contributed by atoms with Gasteiger partial charge in [-0.05, 0) is 75.6 Å². The standard InChI is InChI=1S/C29H48N4O5S/c1-21(2)31-10-12-32(13-11-31)25-9-7-8-24(17-25)30(5)28(34)20-38-15-14-33-19-23(4)27-18-26(37-6)16-22(3)29(27)39(33,35)36/h16,18,21,23-25H,7-15,17,19-20H2,1-6H3. The normalized spacial score (nSPS) is 26.4. The number of ether oxygens (including phenoxy) is 2. The highest BCUT2D eigenvalue weighted by Gasteiger charge is 2.37. The van der Waals surface area contributed by atoms with E-state index in [-0.39, 0.29) is 37.6 Å². The van der Waals surface area contributed by atoms with Gasteiger partial charge in [-0.2, -0.15) is 4.31 Å². The summed E-state index contributed by atoms with van der Waals surface area (Å²) in [5.41, 5.74) is 1.49. The molecule has 0 bridgehead atoms. The lowest BCUT2D eigenvalue weighted by molar-refractivity contribution is -0.138. The number of nitrogens with zero attached hydrogens (tertiary/aromatic N) is 4. The third kappa shape index (κ3) is 6.78. The number of piperazine rings is 1. The monoisotopic (exact) mass is 564 g/mol. The molecule has 3 aliphatic rings. The highest BCUT2D eigenvalue weighted by Crippen LogP contribution is 2.38. The average Bonchev–Trinajstić information content (AvgIpc) is 2.92. The Labute approximate surface area is 235 Å². The van der Waals surface area contributed by atoms with Gasteiger partial charge in [-0.15, -0.1) is 0 Å². The number of methoxy groups -OCH3 is 1. The van der Waals surface area contributed by atoms with Crippen LogP contribution in [-0.2, 0) is 19.6 Å². The van der Waals surface area contributed by atoms with Crippen molar-refractivity contribution in [2.24, 2.45) is 0 Å². The predicted octanol–water partition coefficient (Wildman–Crippen LogP) is 2.92. The lowest BCUT2D eigenvalue weighted by Gasteiger charge is -2.44. The molecular formula is C29H48N4O5S. The summed E-state index contributed by atoms with van der Waals surface area (Å²) in [4.78, 5) is 20.4. The molecule has 39 heavy (non-hydrogen) atoms. The molecule has 0 radical (unpaired) electrons. The molecule has 3 atom stereocenters. The highest BCUT2D eigenvalue weighted by atomic mass is 32.2. The topological polar surface area (TPSA) is 82.6 Å². The van der Waals surface area contributed by atoms with Gasteiger partial charge in [-0.1, -0.05) is 6.92 Å². The predicted molar refractivity (Wildman–Crippen MR) is 153 cm³/mol. The Bertz CT molecular complexity index is 1100. The number of likely N-dealkylation sites (N-methyl/N-ethyl adjacent to an activating group) is 1. The molecule has 0 spiro atoms. The van der Waals surface area contributed by atoms with Crippen LogP contribution in [0, 0.1) is 6.92 Å². The molecule has 3 unspecified atom stereocenters. The van der Waals surface area contributed by atoms with Gasteiger partial charge in [0.25, 0.3) is 0 Å². The summed E-state index contributed by atoms with van der Waals surface area (Å²) in [6.45, 7) is 13.6. The molecule has 1 aliphatic carbocycles. The maximum absolute atomic E-state index is 13.4. The number of benzene rings is 1. The molecule has 1 saturated carbocycles. The quantitative estimate of drug-likeness (QED) is 0.427. The van der Waals surface area contributed by atoms with Crippen molar-refractivity contribution in [1.29, 1.82) is 0 Å². The van der Waals surface area contributed by atoms with E-state index in [4.69, 9.17) is 9.47 Å². The number of sulfonamides is 1. The number of carbonyl (C=O) groups is 1. The van der Waals surface area contributed by atoms with Crippen molar-refractivity contribution in [3.63, 3.8) is 0 Å². The number of carbonyl (C=O) groups excluding carboxylic acids is 1. The van der Waals surface area contributed by atoms with E-state index in [0.717, 1.165) is 51.0 Å². The molecule has 2 aliphatic heterocycles. The van der Waals surface area contributed by atoms with Gasteiger partial charge in [0, 0.05) is 64.4 Å². The molecule has 10 heteroatoms. The van der Waals surface area contributed by atoms with Gasteiger partial charge in [-0.3, -0.25) is 14.6 Å². The summed E-state index contributed by atoms with van der Waals surface area (Å²) in [7, 11) is -0.157. The summed E-state index contributed by atoms with van der Waals surface area (Å²) in [6, 6.07) is 4.94. The van der Waals surface area contributed by atoms with E-state index in [9.17, 15) is 13.2 Å². The van der Waals surface area contributed by atoms with Crippen LogP contribution in [0.1, 0.15) is 63.5 Å². The Morgan fingerprint density at radius 3 is 2.54 bits per heavy atom. The molecule has 1 saturated heterocycles. The molecule has 1 aromatic carbocycles. The zero-order valence-corrected chi connectivity index (χ0v) is 25.5. The summed E-state index contributed by atoms with van der Waals surface area (Å²) < 4.78 is 39.3. The Morgan fingerprint density at radius 1 is 1.15 bits per heavy atom.